The average molecular weight is 294 g/mol. The number of nitro benzene ring substituents is 1. The normalized spacial score (nSPS) is 21.2. The highest BCUT2D eigenvalue weighted by atomic mass is 16.6. The van der Waals surface area contributed by atoms with Crippen LogP contribution in [-0.4, -0.2) is 10.8 Å². The maximum atomic E-state index is 12.2. The zero-order chi connectivity index (χ0) is 15.4. The summed E-state index contributed by atoms with van der Waals surface area (Å²) in [6, 6.07) is 12.9. The van der Waals surface area contributed by atoms with Crippen molar-refractivity contribution in [1.82, 2.24) is 0 Å². The molecule has 0 saturated heterocycles. The van der Waals surface area contributed by atoms with E-state index in [0.717, 1.165) is 23.2 Å². The number of carbonyl (C=O) groups excluding carboxylic acids is 1. The van der Waals surface area contributed by atoms with E-state index in [-0.39, 0.29) is 28.5 Å². The first kappa shape index (κ1) is 13.0. The second-order valence-electron chi connectivity index (χ2n) is 5.84. The molecule has 1 amide bonds. The van der Waals surface area contributed by atoms with Crippen molar-refractivity contribution in [1.29, 1.82) is 0 Å². The van der Waals surface area contributed by atoms with Crippen LogP contribution in [0.2, 0.25) is 0 Å². The van der Waals surface area contributed by atoms with Crippen LogP contribution in [0.3, 0.4) is 0 Å². The SMILES string of the molecule is CC(=O)N1c2ccc([N+](=O)[O-])cc2C2Cc3ccccc3C21. The van der Waals surface area contributed by atoms with Gasteiger partial charge in [-0.2, -0.15) is 0 Å². The van der Waals surface area contributed by atoms with Crippen molar-refractivity contribution in [3.05, 3.63) is 69.3 Å². The number of rotatable bonds is 1. The van der Waals surface area contributed by atoms with E-state index in [9.17, 15) is 14.9 Å². The van der Waals surface area contributed by atoms with Gasteiger partial charge in [-0.1, -0.05) is 24.3 Å². The summed E-state index contributed by atoms with van der Waals surface area (Å²) in [7, 11) is 0. The molecule has 22 heavy (non-hydrogen) atoms. The maximum absolute atomic E-state index is 12.2. The Morgan fingerprint density at radius 1 is 1.23 bits per heavy atom. The number of amides is 1. The quantitative estimate of drug-likeness (QED) is 0.598. The molecule has 2 atom stereocenters. The molecule has 4 rings (SSSR count). The number of nitrogens with zero attached hydrogens (tertiary/aromatic N) is 2. The zero-order valence-electron chi connectivity index (χ0n) is 12.0. The Bertz CT molecular complexity index is 815. The summed E-state index contributed by atoms with van der Waals surface area (Å²) in [5, 5.41) is 11.1. The van der Waals surface area contributed by atoms with Crippen LogP contribution >= 0.6 is 0 Å². The van der Waals surface area contributed by atoms with Crippen molar-refractivity contribution in [2.75, 3.05) is 4.90 Å². The Labute approximate surface area is 127 Å². The summed E-state index contributed by atoms with van der Waals surface area (Å²) >= 11 is 0. The first-order chi connectivity index (χ1) is 10.6. The van der Waals surface area contributed by atoms with Crippen LogP contribution in [0.5, 0.6) is 0 Å². The fourth-order valence-electron chi connectivity index (χ4n) is 3.86. The highest BCUT2D eigenvalue weighted by Crippen LogP contribution is 2.55. The molecule has 1 heterocycles. The predicted molar refractivity (Wildman–Crippen MR) is 81.9 cm³/mol. The summed E-state index contributed by atoms with van der Waals surface area (Å²) in [4.78, 5) is 24.6. The molecular formula is C17H14N2O3. The summed E-state index contributed by atoms with van der Waals surface area (Å²) in [5.41, 5.74) is 4.18. The number of nitro groups is 1. The molecule has 2 aromatic rings. The van der Waals surface area contributed by atoms with E-state index in [0.29, 0.717) is 0 Å². The maximum Gasteiger partial charge on any atom is 0.269 e. The van der Waals surface area contributed by atoms with Gasteiger partial charge in [0.05, 0.1) is 11.0 Å². The summed E-state index contributed by atoms with van der Waals surface area (Å²) in [5.74, 6) is 0.0792. The lowest BCUT2D eigenvalue weighted by Crippen LogP contribution is -2.29. The minimum atomic E-state index is -0.381. The van der Waals surface area contributed by atoms with Gasteiger partial charge in [0.2, 0.25) is 5.91 Å². The van der Waals surface area contributed by atoms with E-state index >= 15 is 0 Å². The van der Waals surface area contributed by atoms with Crippen molar-refractivity contribution in [3.8, 4) is 0 Å². The Balaban J connectivity index is 1.91. The smallest absolute Gasteiger partial charge is 0.269 e. The van der Waals surface area contributed by atoms with Gasteiger partial charge in [-0.05, 0) is 29.2 Å². The van der Waals surface area contributed by atoms with E-state index in [2.05, 4.69) is 12.1 Å². The average Bonchev–Trinajstić information content (AvgIpc) is 3.00. The Kier molecular flexibility index (Phi) is 2.60. The number of anilines is 1. The predicted octanol–water partition coefficient (Wildman–Crippen LogP) is 3.34. The van der Waals surface area contributed by atoms with Crippen molar-refractivity contribution in [2.24, 2.45) is 0 Å². The fraction of sp³-hybridized carbons (Fsp3) is 0.235. The zero-order valence-corrected chi connectivity index (χ0v) is 12.0. The van der Waals surface area contributed by atoms with Crippen LogP contribution < -0.4 is 4.90 Å². The largest absolute Gasteiger partial charge is 0.304 e. The van der Waals surface area contributed by atoms with Crippen LogP contribution in [0.25, 0.3) is 0 Å². The second-order valence-corrected chi connectivity index (χ2v) is 5.84. The van der Waals surface area contributed by atoms with E-state index in [1.54, 1.807) is 24.0 Å². The minimum Gasteiger partial charge on any atom is -0.304 e. The van der Waals surface area contributed by atoms with Gasteiger partial charge in [0.15, 0.2) is 0 Å². The van der Waals surface area contributed by atoms with Gasteiger partial charge in [-0.25, -0.2) is 0 Å². The highest BCUT2D eigenvalue weighted by Gasteiger charge is 2.46. The molecule has 5 nitrogen and oxygen atoms in total. The number of benzene rings is 2. The second kappa shape index (κ2) is 4.40. The Morgan fingerprint density at radius 2 is 2.00 bits per heavy atom. The molecule has 0 aromatic heterocycles. The van der Waals surface area contributed by atoms with Crippen molar-refractivity contribution >= 4 is 17.3 Å². The van der Waals surface area contributed by atoms with Crippen LogP contribution in [0, 0.1) is 10.1 Å². The Hall–Kier alpha value is -2.69. The standard InChI is InChI=1S/C17H14N2O3/c1-10(20)18-16-7-6-12(19(21)22)9-14(16)15-8-11-4-2-3-5-13(11)17(15)18/h2-7,9,15,17H,8H2,1H3. The third kappa shape index (κ3) is 1.62. The minimum absolute atomic E-state index is 0.0284. The fourth-order valence-corrected chi connectivity index (χ4v) is 3.86. The number of fused-ring (bicyclic) bond motifs is 5. The molecule has 2 aliphatic rings. The van der Waals surface area contributed by atoms with Gasteiger partial charge < -0.3 is 4.90 Å². The first-order valence-electron chi connectivity index (χ1n) is 7.24. The van der Waals surface area contributed by atoms with Crippen LogP contribution in [0.1, 0.15) is 35.6 Å². The third-order valence-corrected chi connectivity index (χ3v) is 4.69. The van der Waals surface area contributed by atoms with Gasteiger partial charge >= 0.3 is 0 Å². The number of hydrogen-bond donors (Lipinski definition) is 0. The van der Waals surface area contributed by atoms with Gasteiger partial charge in [0.1, 0.15) is 0 Å². The molecule has 110 valence electrons. The molecule has 0 spiro atoms. The van der Waals surface area contributed by atoms with Gasteiger partial charge in [0, 0.05) is 30.7 Å². The van der Waals surface area contributed by atoms with Gasteiger partial charge in [-0.3, -0.25) is 14.9 Å². The Morgan fingerprint density at radius 3 is 2.73 bits per heavy atom. The molecule has 2 aromatic carbocycles. The molecule has 1 aliphatic carbocycles. The van der Waals surface area contributed by atoms with Crippen LogP contribution in [-0.2, 0) is 11.2 Å². The monoisotopic (exact) mass is 294 g/mol. The lowest BCUT2D eigenvalue weighted by atomic mass is 9.95. The van der Waals surface area contributed by atoms with Crippen LogP contribution in [0.4, 0.5) is 11.4 Å². The topological polar surface area (TPSA) is 63.5 Å². The van der Waals surface area contributed by atoms with Crippen molar-refractivity contribution in [2.45, 2.75) is 25.3 Å². The molecule has 0 bridgehead atoms. The number of carbonyl (C=O) groups is 1. The van der Waals surface area contributed by atoms with E-state index in [4.69, 9.17) is 0 Å². The van der Waals surface area contributed by atoms with Crippen LogP contribution in [0.15, 0.2) is 42.5 Å². The third-order valence-electron chi connectivity index (χ3n) is 4.69. The molecule has 0 fully saturated rings. The number of non-ortho nitro benzene ring substituents is 1. The van der Waals surface area contributed by atoms with Gasteiger partial charge in [-0.15, -0.1) is 0 Å². The summed E-state index contributed by atoms with van der Waals surface area (Å²) in [6.45, 7) is 1.55. The molecule has 5 heteroatoms. The summed E-state index contributed by atoms with van der Waals surface area (Å²) < 4.78 is 0. The summed E-state index contributed by atoms with van der Waals surface area (Å²) in [6.07, 6.45) is 0.818. The number of hydrogen-bond acceptors (Lipinski definition) is 3. The van der Waals surface area contributed by atoms with E-state index in [1.165, 1.54) is 11.6 Å². The molecule has 2 unspecified atom stereocenters. The molecule has 0 radical (unpaired) electrons. The molecule has 0 saturated carbocycles. The molecular weight excluding hydrogens is 280 g/mol. The molecule has 0 N–H and O–H groups in total. The van der Waals surface area contributed by atoms with Crippen molar-refractivity contribution < 1.29 is 9.72 Å². The molecule has 1 aliphatic heterocycles. The highest BCUT2D eigenvalue weighted by molar-refractivity contribution is 5.96. The lowest BCUT2D eigenvalue weighted by molar-refractivity contribution is -0.384. The van der Waals surface area contributed by atoms with E-state index in [1.807, 2.05) is 12.1 Å². The first-order valence-corrected chi connectivity index (χ1v) is 7.24. The van der Waals surface area contributed by atoms with E-state index < -0.39 is 0 Å². The van der Waals surface area contributed by atoms with Crippen molar-refractivity contribution in [3.63, 3.8) is 0 Å². The van der Waals surface area contributed by atoms with Gasteiger partial charge in [0.25, 0.3) is 5.69 Å². The lowest BCUT2D eigenvalue weighted by Gasteiger charge is -2.24.